The molecule has 9 nitrogen and oxygen atoms in total. The van der Waals surface area contributed by atoms with Crippen LogP contribution in [0.1, 0.15) is 23.2 Å². The highest BCUT2D eigenvalue weighted by atomic mass is 32.2. The van der Waals surface area contributed by atoms with Gasteiger partial charge in [0.1, 0.15) is 6.54 Å². The highest BCUT2D eigenvalue weighted by Crippen LogP contribution is 2.25. The van der Waals surface area contributed by atoms with Gasteiger partial charge in [0.05, 0.1) is 4.90 Å². The lowest BCUT2D eigenvalue weighted by Crippen LogP contribution is -2.41. The Morgan fingerprint density at radius 3 is 2.22 bits per heavy atom. The summed E-state index contributed by atoms with van der Waals surface area (Å²) >= 11 is 0. The molecule has 0 radical (unpaired) electrons. The number of benzene rings is 1. The second kappa shape index (κ2) is 9.61. The number of nitrogens with zero attached hydrogens (tertiary/aromatic N) is 3. The van der Waals surface area contributed by atoms with Crippen LogP contribution in [0.2, 0.25) is 0 Å². The van der Waals surface area contributed by atoms with Crippen LogP contribution in [0, 0.1) is 5.92 Å². The second-order valence-electron chi connectivity index (χ2n) is 7.06. The summed E-state index contributed by atoms with van der Waals surface area (Å²) in [7, 11) is -3.88. The maximum Gasteiger partial charge on any atom is 0.405 e. The number of nitrogens with one attached hydrogen (secondary N) is 2. The van der Waals surface area contributed by atoms with E-state index in [-0.39, 0.29) is 35.4 Å². The van der Waals surface area contributed by atoms with Crippen molar-refractivity contribution < 1.29 is 31.2 Å². The number of piperidine rings is 1. The van der Waals surface area contributed by atoms with Crippen molar-refractivity contribution in [3.8, 4) is 0 Å². The summed E-state index contributed by atoms with van der Waals surface area (Å²) in [5.41, 5.74) is -0.0910. The molecule has 0 unspecified atom stereocenters. The molecule has 0 atom stereocenters. The molecule has 0 bridgehead atoms. The van der Waals surface area contributed by atoms with E-state index < -0.39 is 34.6 Å². The predicted octanol–water partition coefficient (Wildman–Crippen LogP) is 1.81. The lowest BCUT2D eigenvalue weighted by molar-refractivity contribution is -0.123. The van der Waals surface area contributed by atoms with Gasteiger partial charge in [-0.2, -0.15) is 17.5 Å². The molecular formula is C19H20F3N5O4S. The fourth-order valence-electron chi connectivity index (χ4n) is 3.14. The molecule has 1 aromatic carbocycles. The van der Waals surface area contributed by atoms with Crippen molar-refractivity contribution in [2.75, 3.05) is 25.0 Å². The van der Waals surface area contributed by atoms with Gasteiger partial charge >= 0.3 is 6.18 Å². The van der Waals surface area contributed by atoms with Gasteiger partial charge in [-0.25, -0.2) is 18.4 Å². The number of halogens is 3. The Labute approximate surface area is 182 Å². The monoisotopic (exact) mass is 471 g/mol. The standard InChI is InChI=1S/C19H20F3N5O4S/c20-19(21,22)12-25-16(28)13-2-4-15(5-3-13)32(30,31)27-10-6-14(7-11-27)17(29)26-18-23-8-1-9-24-18/h1-5,8-9,14H,6-7,10-12H2,(H,25,28)(H,23,24,26,29). The van der Waals surface area contributed by atoms with Crippen LogP contribution in [0.3, 0.4) is 0 Å². The molecule has 32 heavy (non-hydrogen) atoms. The molecule has 2 heterocycles. The van der Waals surface area contributed by atoms with E-state index >= 15 is 0 Å². The minimum atomic E-state index is -4.55. The summed E-state index contributed by atoms with van der Waals surface area (Å²) in [6, 6.07) is 6.25. The van der Waals surface area contributed by atoms with Crippen molar-refractivity contribution in [1.29, 1.82) is 0 Å². The van der Waals surface area contributed by atoms with E-state index in [1.807, 2.05) is 0 Å². The quantitative estimate of drug-likeness (QED) is 0.663. The van der Waals surface area contributed by atoms with E-state index in [2.05, 4.69) is 15.3 Å². The minimum Gasteiger partial charge on any atom is -0.343 e. The number of rotatable bonds is 6. The summed E-state index contributed by atoms with van der Waals surface area (Å²) in [5, 5.41) is 4.32. The van der Waals surface area contributed by atoms with E-state index in [1.165, 1.54) is 28.8 Å². The molecule has 1 fully saturated rings. The Morgan fingerprint density at radius 1 is 1.06 bits per heavy atom. The maximum absolute atomic E-state index is 12.8. The molecule has 3 rings (SSSR count). The van der Waals surface area contributed by atoms with Gasteiger partial charge in [0.25, 0.3) is 5.91 Å². The first-order valence-electron chi connectivity index (χ1n) is 9.59. The van der Waals surface area contributed by atoms with E-state index in [4.69, 9.17) is 0 Å². The number of carbonyl (C=O) groups excluding carboxylic acids is 2. The number of hydrogen-bond donors (Lipinski definition) is 2. The van der Waals surface area contributed by atoms with Crippen molar-refractivity contribution in [2.24, 2.45) is 5.92 Å². The van der Waals surface area contributed by atoms with Gasteiger partial charge in [-0.05, 0) is 43.2 Å². The first-order valence-corrected chi connectivity index (χ1v) is 11.0. The molecule has 1 saturated heterocycles. The summed E-state index contributed by atoms with van der Waals surface area (Å²) in [6.45, 7) is -1.25. The van der Waals surface area contributed by atoms with E-state index in [9.17, 15) is 31.2 Å². The first kappa shape index (κ1) is 23.6. The fraction of sp³-hybridized carbons (Fsp3) is 0.368. The number of hydrogen-bond acceptors (Lipinski definition) is 6. The van der Waals surface area contributed by atoms with Gasteiger partial charge in [-0.1, -0.05) is 0 Å². The van der Waals surface area contributed by atoms with Crippen LogP contribution in [0.4, 0.5) is 19.1 Å². The van der Waals surface area contributed by atoms with Crippen LogP contribution in [0.5, 0.6) is 0 Å². The largest absolute Gasteiger partial charge is 0.405 e. The molecule has 1 aliphatic rings. The summed E-state index contributed by atoms with van der Waals surface area (Å²) in [5.74, 6) is -1.47. The highest BCUT2D eigenvalue weighted by molar-refractivity contribution is 7.89. The Hall–Kier alpha value is -3.06. The molecule has 0 saturated carbocycles. The van der Waals surface area contributed by atoms with Crippen LogP contribution in [-0.2, 0) is 14.8 Å². The Morgan fingerprint density at radius 2 is 1.66 bits per heavy atom. The molecule has 0 aliphatic carbocycles. The third-order valence-corrected chi connectivity index (χ3v) is 6.74. The van der Waals surface area contributed by atoms with E-state index in [0.717, 1.165) is 12.1 Å². The molecule has 2 N–H and O–H groups in total. The number of amides is 2. The van der Waals surface area contributed by atoms with Gasteiger partial charge in [-0.15, -0.1) is 0 Å². The number of anilines is 1. The lowest BCUT2D eigenvalue weighted by Gasteiger charge is -2.30. The summed E-state index contributed by atoms with van der Waals surface area (Å²) in [4.78, 5) is 31.9. The maximum atomic E-state index is 12.8. The Bertz CT molecular complexity index is 1050. The average molecular weight is 471 g/mol. The molecule has 1 aliphatic heterocycles. The van der Waals surface area contributed by atoms with Gasteiger partial charge < -0.3 is 5.32 Å². The third kappa shape index (κ3) is 6.01. The lowest BCUT2D eigenvalue weighted by atomic mass is 9.97. The molecular weight excluding hydrogens is 451 g/mol. The second-order valence-corrected chi connectivity index (χ2v) is 9.00. The molecule has 0 spiro atoms. The van der Waals surface area contributed by atoms with Crippen molar-refractivity contribution in [3.63, 3.8) is 0 Å². The molecule has 1 aromatic heterocycles. The number of carbonyl (C=O) groups is 2. The van der Waals surface area contributed by atoms with Crippen molar-refractivity contribution in [2.45, 2.75) is 23.9 Å². The van der Waals surface area contributed by atoms with Crippen LogP contribution < -0.4 is 10.6 Å². The molecule has 2 amide bonds. The van der Waals surface area contributed by atoms with Gasteiger partial charge in [-0.3, -0.25) is 14.9 Å². The summed E-state index contributed by atoms with van der Waals surface area (Å²) in [6.07, 6.45) is -0.965. The van der Waals surface area contributed by atoms with Gasteiger partial charge in [0, 0.05) is 37.0 Å². The third-order valence-electron chi connectivity index (χ3n) is 4.83. The zero-order valence-electron chi connectivity index (χ0n) is 16.7. The molecule has 13 heteroatoms. The minimum absolute atomic E-state index is 0.0910. The van der Waals surface area contributed by atoms with E-state index in [0.29, 0.717) is 12.8 Å². The fourth-order valence-corrected chi connectivity index (χ4v) is 4.61. The first-order chi connectivity index (χ1) is 15.1. The Balaban J connectivity index is 1.58. The van der Waals surface area contributed by atoms with Crippen molar-refractivity contribution >= 4 is 27.8 Å². The SMILES string of the molecule is O=C(NCC(F)(F)F)c1ccc(S(=O)(=O)N2CCC(C(=O)Nc3ncccn3)CC2)cc1. The average Bonchev–Trinajstić information content (AvgIpc) is 2.78. The number of alkyl halides is 3. The molecule has 172 valence electrons. The van der Waals surface area contributed by atoms with Crippen LogP contribution in [0.15, 0.2) is 47.6 Å². The normalized spacial score (nSPS) is 15.8. The van der Waals surface area contributed by atoms with Crippen LogP contribution in [0.25, 0.3) is 0 Å². The van der Waals surface area contributed by atoms with Crippen molar-refractivity contribution in [3.05, 3.63) is 48.3 Å². The topological polar surface area (TPSA) is 121 Å². The number of aromatic nitrogens is 2. The van der Waals surface area contributed by atoms with Gasteiger partial charge in [0.15, 0.2) is 0 Å². The number of sulfonamides is 1. The van der Waals surface area contributed by atoms with Gasteiger partial charge in [0.2, 0.25) is 21.9 Å². The smallest absolute Gasteiger partial charge is 0.343 e. The zero-order chi connectivity index (χ0) is 23.4. The van der Waals surface area contributed by atoms with E-state index in [1.54, 1.807) is 11.4 Å². The predicted molar refractivity (Wildman–Crippen MR) is 107 cm³/mol. The summed E-state index contributed by atoms with van der Waals surface area (Å²) < 4.78 is 63.6. The van der Waals surface area contributed by atoms with Crippen molar-refractivity contribution in [1.82, 2.24) is 19.6 Å². The zero-order valence-corrected chi connectivity index (χ0v) is 17.5. The Kier molecular flexibility index (Phi) is 7.09. The van der Waals surface area contributed by atoms with Crippen LogP contribution in [-0.4, -0.2) is 60.3 Å². The van der Waals surface area contributed by atoms with Crippen LogP contribution >= 0.6 is 0 Å². The highest BCUT2D eigenvalue weighted by Gasteiger charge is 2.32. The molecule has 2 aromatic rings.